The van der Waals surface area contributed by atoms with E-state index in [9.17, 15) is 9.59 Å². The number of rotatable bonds is 2. The molecule has 1 atom stereocenters. The van der Waals surface area contributed by atoms with Crippen LogP contribution in [0.3, 0.4) is 0 Å². The second-order valence-corrected chi connectivity index (χ2v) is 5.17. The minimum absolute atomic E-state index is 0.0391. The molecule has 0 aliphatic carbocycles. The van der Waals surface area contributed by atoms with E-state index < -0.39 is 0 Å². The van der Waals surface area contributed by atoms with Crippen LogP contribution in [0.5, 0.6) is 0 Å². The van der Waals surface area contributed by atoms with Crippen LogP contribution in [0, 0.1) is 11.8 Å². The largest absolute Gasteiger partial charge is 0.397 e. The number of nitrogens with zero attached hydrogens (tertiary/aromatic N) is 2. The third-order valence-corrected chi connectivity index (χ3v) is 3.86. The summed E-state index contributed by atoms with van der Waals surface area (Å²) in [4.78, 5) is 29.2. The summed E-state index contributed by atoms with van der Waals surface area (Å²) in [7, 11) is 0. The van der Waals surface area contributed by atoms with Crippen LogP contribution < -0.4 is 16.0 Å². The average Bonchev–Trinajstić information content (AvgIpc) is 2.32. The zero-order valence-corrected chi connectivity index (χ0v) is 10.5. The maximum Gasteiger partial charge on any atom is 0.230 e. The Hall–Kier alpha value is -2.11. The van der Waals surface area contributed by atoms with Gasteiger partial charge in [0, 0.05) is 31.3 Å². The summed E-state index contributed by atoms with van der Waals surface area (Å²) >= 11 is 0. The van der Waals surface area contributed by atoms with E-state index in [0.717, 1.165) is 18.9 Å². The van der Waals surface area contributed by atoms with Crippen molar-refractivity contribution < 1.29 is 9.59 Å². The summed E-state index contributed by atoms with van der Waals surface area (Å²) in [6.45, 7) is 1.62. The monoisotopic (exact) mass is 260 g/mol. The van der Waals surface area contributed by atoms with E-state index >= 15 is 0 Å². The van der Waals surface area contributed by atoms with Crippen molar-refractivity contribution >= 4 is 23.3 Å². The standard InChI is InChI=1S/C13H16N4O2/c14-9-1-3-11(15-5-9)17-6-8(7-17)10-2-4-12(18)16-13(10)19/h1,3,5,8,10H,2,4,6-7,14H2,(H,16,18,19). The fourth-order valence-corrected chi connectivity index (χ4v) is 2.70. The Morgan fingerprint density at radius 1 is 1.32 bits per heavy atom. The lowest BCUT2D eigenvalue weighted by Gasteiger charge is -2.44. The van der Waals surface area contributed by atoms with E-state index in [1.165, 1.54) is 0 Å². The molecule has 2 saturated heterocycles. The van der Waals surface area contributed by atoms with E-state index in [1.54, 1.807) is 6.20 Å². The number of nitrogens with two attached hydrogens (primary N) is 1. The number of hydrogen-bond acceptors (Lipinski definition) is 5. The van der Waals surface area contributed by atoms with Crippen LogP contribution in [0.25, 0.3) is 0 Å². The predicted molar refractivity (Wildman–Crippen MR) is 70.2 cm³/mol. The third kappa shape index (κ3) is 2.25. The molecule has 0 aromatic carbocycles. The zero-order chi connectivity index (χ0) is 13.4. The van der Waals surface area contributed by atoms with Gasteiger partial charge in [-0.1, -0.05) is 0 Å². The van der Waals surface area contributed by atoms with Crippen LogP contribution in [0.15, 0.2) is 18.3 Å². The number of hydrogen-bond donors (Lipinski definition) is 2. The summed E-state index contributed by atoms with van der Waals surface area (Å²) < 4.78 is 0. The third-order valence-electron chi connectivity index (χ3n) is 3.86. The molecule has 0 bridgehead atoms. The van der Waals surface area contributed by atoms with Crippen molar-refractivity contribution in [1.82, 2.24) is 10.3 Å². The number of nitrogens with one attached hydrogen (secondary N) is 1. The lowest BCUT2D eigenvalue weighted by molar-refractivity contribution is -0.138. The molecule has 1 aromatic rings. The van der Waals surface area contributed by atoms with Gasteiger partial charge in [-0.15, -0.1) is 0 Å². The van der Waals surface area contributed by atoms with Crippen molar-refractivity contribution in [3.05, 3.63) is 18.3 Å². The van der Waals surface area contributed by atoms with Crippen molar-refractivity contribution in [3.8, 4) is 0 Å². The second-order valence-electron chi connectivity index (χ2n) is 5.17. The molecule has 0 saturated carbocycles. The number of pyridine rings is 1. The van der Waals surface area contributed by atoms with Gasteiger partial charge in [0.2, 0.25) is 11.8 Å². The SMILES string of the molecule is Nc1ccc(N2CC(C3CCC(=O)NC3=O)C2)nc1. The minimum Gasteiger partial charge on any atom is -0.397 e. The first-order valence-electron chi connectivity index (χ1n) is 6.43. The molecule has 3 N–H and O–H groups in total. The Labute approximate surface area is 111 Å². The Morgan fingerprint density at radius 3 is 2.74 bits per heavy atom. The molecule has 3 rings (SSSR count). The molecule has 100 valence electrons. The minimum atomic E-state index is -0.155. The quantitative estimate of drug-likeness (QED) is 0.739. The Balaban J connectivity index is 1.59. The molecule has 6 nitrogen and oxygen atoms in total. The highest BCUT2D eigenvalue weighted by molar-refractivity contribution is 5.98. The molecule has 1 unspecified atom stereocenters. The number of piperidine rings is 1. The number of amides is 2. The van der Waals surface area contributed by atoms with E-state index in [0.29, 0.717) is 24.4 Å². The first-order valence-corrected chi connectivity index (χ1v) is 6.43. The summed E-state index contributed by atoms with van der Waals surface area (Å²) in [5.74, 6) is 0.886. The summed E-state index contributed by atoms with van der Waals surface area (Å²) in [5.41, 5.74) is 6.24. The van der Waals surface area contributed by atoms with Gasteiger partial charge in [-0.05, 0) is 18.6 Å². The van der Waals surface area contributed by atoms with Gasteiger partial charge in [0.25, 0.3) is 0 Å². The number of carbonyl (C=O) groups excluding carboxylic acids is 2. The van der Waals surface area contributed by atoms with Crippen molar-refractivity contribution in [2.45, 2.75) is 12.8 Å². The molecular formula is C13H16N4O2. The number of anilines is 2. The van der Waals surface area contributed by atoms with Gasteiger partial charge >= 0.3 is 0 Å². The Bertz CT molecular complexity index is 508. The highest BCUT2D eigenvalue weighted by atomic mass is 16.2. The van der Waals surface area contributed by atoms with Gasteiger partial charge in [-0.25, -0.2) is 4.98 Å². The highest BCUT2D eigenvalue weighted by Crippen LogP contribution is 2.32. The fraction of sp³-hybridized carbons (Fsp3) is 0.462. The zero-order valence-electron chi connectivity index (χ0n) is 10.5. The lowest BCUT2D eigenvalue weighted by atomic mass is 9.80. The van der Waals surface area contributed by atoms with E-state index in [2.05, 4.69) is 15.2 Å². The van der Waals surface area contributed by atoms with Crippen molar-refractivity contribution in [1.29, 1.82) is 0 Å². The average molecular weight is 260 g/mol. The second kappa shape index (κ2) is 4.53. The predicted octanol–water partition coefficient (Wildman–Crippen LogP) is 0.153. The molecule has 3 heterocycles. The number of nitrogen functional groups attached to an aromatic ring is 1. The number of carbonyl (C=O) groups is 2. The van der Waals surface area contributed by atoms with Gasteiger partial charge in [0.05, 0.1) is 11.9 Å². The van der Waals surface area contributed by atoms with Crippen LogP contribution in [0.4, 0.5) is 11.5 Å². The van der Waals surface area contributed by atoms with Crippen LogP contribution in [0.2, 0.25) is 0 Å². The maximum atomic E-state index is 11.7. The summed E-state index contributed by atoms with van der Waals surface area (Å²) in [6, 6.07) is 3.71. The van der Waals surface area contributed by atoms with E-state index in [-0.39, 0.29) is 17.7 Å². The first-order chi connectivity index (χ1) is 9.13. The topological polar surface area (TPSA) is 88.3 Å². The Kier molecular flexibility index (Phi) is 2.85. The fourth-order valence-electron chi connectivity index (χ4n) is 2.70. The van der Waals surface area contributed by atoms with Gasteiger partial charge in [0.1, 0.15) is 5.82 Å². The van der Waals surface area contributed by atoms with Crippen LogP contribution in [-0.4, -0.2) is 29.9 Å². The van der Waals surface area contributed by atoms with Gasteiger partial charge in [-0.2, -0.15) is 0 Å². The molecule has 1 aromatic heterocycles. The van der Waals surface area contributed by atoms with E-state index in [4.69, 9.17) is 5.73 Å². The Morgan fingerprint density at radius 2 is 2.11 bits per heavy atom. The van der Waals surface area contributed by atoms with Gasteiger partial charge in [-0.3, -0.25) is 14.9 Å². The molecule has 2 fully saturated rings. The first kappa shape index (κ1) is 12.0. The molecule has 6 heteroatoms. The smallest absolute Gasteiger partial charge is 0.230 e. The molecule has 0 radical (unpaired) electrons. The van der Waals surface area contributed by atoms with Crippen LogP contribution in [0.1, 0.15) is 12.8 Å². The highest BCUT2D eigenvalue weighted by Gasteiger charge is 2.40. The number of imide groups is 1. The molecule has 2 aliphatic rings. The molecule has 0 spiro atoms. The lowest BCUT2D eigenvalue weighted by Crippen LogP contribution is -2.55. The van der Waals surface area contributed by atoms with Crippen molar-refractivity contribution in [2.24, 2.45) is 11.8 Å². The molecule has 19 heavy (non-hydrogen) atoms. The van der Waals surface area contributed by atoms with Crippen LogP contribution >= 0.6 is 0 Å². The normalized spacial score (nSPS) is 24.0. The van der Waals surface area contributed by atoms with E-state index in [1.807, 2.05) is 12.1 Å². The number of aromatic nitrogens is 1. The van der Waals surface area contributed by atoms with Gasteiger partial charge < -0.3 is 10.6 Å². The van der Waals surface area contributed by atoms with Crippen molar-refractivity contribution in [3.63, 3.8) is 0 Å². The van der Waals surface area contributed by atoms with Crippen LogP contribution in [-0.2, 0) is 9.59 Å². The van der Waals surface area contributed by atoms with Gasteiger partial charge in [0.15, 0.2) is 0 Å². The molecule has 2 amide bonds. The summed E-state index contributed by atoms with van der Waals surface area (Å²) in [5, 5.41) is 2.41. The summed E-state index contributed by atoms with van der Waals surface area (Å²) in [6.07, 6.45) is 2.75. The van der Waals surface area contributed by atoms with Crippen molar-refractivity contribution in [2.75, 3.05) is 23.7 Å². The molecule has 2 aliphatic heterocycles. The maximum absolute atomic E-state index is 11.7. The molecular weight excluding hydrogens is 244 g/mol.